The van der Waals surface area contributed by atoms with Crippen LogP contribution in [0.2, 0.25) is 0 Å². The van der Waals surface area contributed by atoms with E-state index in [0.717, 1.165) is 13.0 Å². The number of anilines is 1. The molecule has 0 aliphatic carbocycles. The lowest BCUT2D eigenvalue weighted by molar-refractivity contribution is -0.383. The molecule has 2 aromatic rings. The molecular formula is C13H14N2O3S2. The lowest BCUT2D eigenvalue weighted by Crippen LogP contribution is -2.29. The van der Waals surface area contributed by atoms with E-state index in [9.17, 15) is 15.2 Å². The fraction of sp³-hybridized carbons (Fsp3) is 0.385. The first kappa shape index (κ1) is 13.5. The van der Waals surface area contributed by atoms with Crippen LogP contribution in [0.25, 0.3) is 0 Å². The summed E-state index contributed by atoms with van der Waals surface area (Å²) in [6.45, 7) is 3.13. The number of thiophene rings is 2. The molecule has 0 aromatic carbocycles. The molecule has 0 saturated carbocycles. The zero-order chi connectivity index (χ0) is 14.3. The highest BCUT2D eigenvalue weighted by molar-refractivity contribution is 7.16. The van der Waals surface area contributed by atoms with Gasteiger partial charge in [0.15, 0.2) is 5.00 Å². The Labute approximate surface area is 124 Å². The summed E-state index contributed by atoms with van der Waals surface area (Å²) in [6, 6.07) is 3.58. The first-order valence-corrected chi connectivity index (χ1v) is 8.02. The van der Waals surface area contributed by atoms with Crippen molar-refractivity contribution in [2.45, 2.75) is 26.0 Å². The van der Waals surface area contributed by atoms with E-state index in [-0.39, 0.29) is 10.6 Å². The molecule has 1 aliphatic rings. The van der Waals surface area contributed by atoms with Gasteiger partial charge in [0.2, 0.25) is 0 Å². The molecule has 0 bridgehead atoms. The van der Waals surface area contributed by atoms with Crippen LogP contribution in [0.1, 0.15) is 28.3 Å². The van der Waals surface area contributed by atoms with E-state index in [1.54, 1.807) is 18.3 Å². The Morgan fingerprint density at radius 1 is 1.55 bits per heavy atom. The average molecular weight is 310 g/mol. The first-order chi connectivity index (χ1) is 9.56. The topological polar surface area (TPSA) is 66.6 Å². The summed E-state index contributed by atoms with van der Waals surface area (Å²) in [5, 5.41) is 23.6. The third kappa shape index (κ3) is 2.32. The minimum absolute atomic E-state index is 0.101. The number of aliphatic hydroxyl groups is 1. The Hall–Kier alpha value is -1.44. The number of rotatable bonds is 3. The van der Waals surface area contributed by atoms with E-state index in [0.29, 0.717) is 16.4 Å². The minimum atomic E-state index is -0.672. The SMILES string of the molecule is C[C@@H](O)c1cc([N+](=O)[O-])c(N2CCc3sccc3C2)s1. The van der Waals surface area contributed by atoms with Gasteiger partial charge in [0.1, 0.15) is 0 Å². The summed E-state index contributed by atoms with van der Waals surface area (Å²) >= 11 is 3.06. The Balaban J connectivity index is 1.96. The number of nitro groups is 1. The van der Waals surface area contributed by atoms with Crippen LogP contribution in [0.5, 0.6) is 0 Å². The van der Waals surface area contributed by atoms with Crippen molar-refractivity contribution in [1.29, 1.82) is 0 Å². The van der Waals surface area contributed by atoms with Crippen molar-refractivity contribution in [2.24, 2.45) is 0 Å². The summed E-state index contributed by atoms with van der Waals surface area (Å²) in [6.07, 6.45) is 0.250. The van der Waals surface area contributed by atoms with E-state index in [1.807, 2.05) is 4.90 Å². The van der Waals surface area contributed by atoms with Gasteiger partial charge in [-0.1, -0.05) is 0 Å². The smallest absolute Gasteiger partial charge is 0.304 e. The molecule has 0 radical (unpaired) electrons. The van der Waals surface area contributed by atoms with Crippen molar-refractivity contribution >= 4 is 33.4 Å². The molecule has 1 atom stereocenters. The van der Waals surface area contributed by atoms with Crippen LogP contribution < -0.4 is 4.90 Å². The third-order valence-corrected chi connectivity index (χ3v) is 5.79. The molecule has 0 spiro atoms. The van der Waals surface area contributed by atoms with Gasteiger partial charge in [0, 0.05) is 28.9 Å². The van der Waals surface area contributed by atoms with Crippen molar-refractivity contribution in [3.63, 3.8) is 0 Å². The highest BCUT2D eigenvalue weighted by Gasteiger charge is 2.28. The third-order valence-electron chi connectivity index (χ3n) is 3.42. The van der Waals surface area contributed by atoms with Gasteiger partial charge in [-0.3, -0.25) is 10.1 Å². The second-order valence-electron chi connectivity index (χ2n) is 4.81. The lowest BCUT2D eigenvalue weighted by Gasteiger charge is -2.27. The molecule has 20 heavy (non-hydrogen) atoms. The normalized spacial score (nSPS) is 16.0. The van der Waals surface area contributed by atoms with E-state index in [1.165, 1.54) is 27.8 Å². The maximum absolute atomic E-state index is 11.2. The standard InChI is InChI=1S/C13H14N2O3S2/c1-8(16)12-6-10(15(17)18)13(20-12)14-4-2-11-9(7-14)3-5-19-11/h3,5-6,8,16H,2,4,7H2,1H3/t8-/m1/s1. The average Bonchev–Trinajstić information content (AvgIpc) is 3.04. The van der Waals surface area contributed by atoms with E-state index < -0.39 is 6.10 Å². The molecule has 106 valence electrons. The van der Waals surface area contributed by atoms with E-state index in [4.69, 9.17) is 0 Å². The van der Waals surface area contributed by atoms with Crippen LogP contribution in [0.15, 0.2) is 17.5 Å². The summed E-state index contributed by atoms with van der Waals surface area (Å²) in [7, 11) is 0. The summed E-state index contributed by atoms with van der Waals surface area (Å²) in [5.74, 6) is 0. The predicted octanol–water partition coefficient (Wildman–Crippen LogP) is 3.33. The number of hydrogen-bond acceptors (Lipinski definition) is 6. The van der Waals surface area contributed by atoms with Crippen LogP contribution in [0, 0.1) is 10.1 Å². The fourth-order valence-electron chi connectivity index (χ4n) is 2.37. The molecule has 3 heterocycles. The van der Waals surface area contributed by atoms with E-state index >= 15 is 0 Å². The van der Waals surface area contributed by atoms with Crippen molar-refractivity contribution in [3.05, 3.63) is 42.9 Å². The maximum atomic E-state index is 11.2. The molecule has 7 heteroatoms. The zero-order valence-electron chi connectivity index (χ0n) is 10.9. The molecule has 1 N–H and O–H groups in total. The van der Waals surface area contributed by atoms with Crippen LogP contribution in [-0.4, -0.2) is 16.6 Å². The number of aliphatic hydroxyl groups excluding tert-OH is 1. The maximum Gasteiger partial charge on any atom is 0.304 e. The number of nitrogens with zero attached hydrogens (tertiary/aromatic N) is 2. The second kappa shape index (κ2) is 5.16. The van der Waals surface area contributed by atoms with E-state index in [2.05, 4.69) is 11.4 Å². The Kier molecular flexibility index (Phi) is 3.49. The van der Waals surface area contributed by atoms with Crippen LogP contribution in [0.4, 0.5) is 10.7 Å². The highest BCUT2D eigenvalue weighted by atomic mass is 32.1. The Bertz CT molecular complexity index is 648. The predicted molar refractivity (Wildman–Crippen MR) is 80.7 cm³/mol. The molecule has 0 unspecified atom stereocenters. The van der Waals surface area contributed by atoms with Crippen LogP contribution in [-0.2, 0) is 13.0 Å². The monoisotopic (exact) mass is 310 g/mol. The van der Waals surface area contributed by atoms with Gasteiger partial charge < -0.3 is 10.0 Å². The Morgan fingerprint density at radius 3 is 3.05 bits per heavy atom. The highest BCUT2D eigenvalue weighted by Crippen LogP contribution is 2.42. The van der Waals surface area contributed by atoms with Crippen molar-refractivity contribution in [1.82, 2.24) is 0 Å². The first-order valence-electron chi connectivity index (χ1n) is 6.32. The molecule has 2 aromatic heterocycles. The van der Waals surface area contributed by atoms with Gasteiger partial charge in [-0.2, -0.15) is 0 Å². The van der Waals surface area contributed by atoms with Gasteiger partial charge >= 0.3 is 5.69 Å². The number of hydrogen-bond donors (Lipinski definition) is 1. The van der Waals surface area contributed by atoms with Gasteiger partial charge in [0.05, 0.1) is 11.0 Å². The minimum Gasteiger partial charge on any atom is -0.388 e. The van der Waals surface area contributed by atoms with Gasteiger partial charge in [-0.05, 0) is 30.4 Å². The van der Waals surface area contributed by atoms with Crippen molar-refractivity contribution in [2.75, 3.05) is 11.4 Å². The zero-order valence-corrected chi connectivity index (χ0v) is 12.5. The molecule has 0 fully saturated rings. The molecule has 1 aliphatic heterocycles. The Morgan fingerprint density at radius 2 is 2.35 bits per heavy atom. The second-order valence-corrected chi connectivity index (χ2v) is 6.88. The van der Waals surface area contributed by atoms with Gasteiger partial charge in [-0.15, -0.1) is 22.7 Å². The summed E-state index contributed by atoms with van der Waals surface area (Å²) < 4.78 is 0. The van der Waals surface area contributed by atoms with Gasteiger partial charge in [0.25, 0.3) is 0 Å². The largest absolute Gasteiger partial charge is 0.388 e. The summed E-state index contributed by atoms with van der Waals surface area (Å²) in [4.78, 5) is 14.9. The summed E-state index contributed by atoms with van der Waals surface area (Å²) in [5.41, 5.74) is 1.35. The van der Waals surface area contributed by atoms with Crippen LogP contribution in [0.3, 0.4) is 0 Å². The van der Waals surface area contributed by atoms with Gasteiger partial charge in [-0.25, -0.2) is 0 Å². The molecule has 0 saturated heterocycles. The quantitative estimate of drug-likeness (QED) is 0.697. The molecular weight excluding hydrogens is 296 g/mol. The van der Waals surface area contributed by atoms with Crippen molar-refractivity contribution < 1.29 is 10.0 Å². The number of fused-ring (bicyclic) bond motifs is 1. The van der Waals surface area contributed by atoms with Crippen LogP contribution >= 0.6 is 22.7 Å². The molecule has 3 rings (SSSR count). The lowest BCUT2D eigenvalue weighted by atomic mass is 10.1. The molecule has 5 nitrogen and oxygen atoms in total. The molecule has 0 amide bonds. The van der Waals surface area contributed by atoms with Crippen molar-refractivity contribution in [3.8, 4) is 0 Å². The fourth-order valence-corrected chi connectivity index (χ4v) is 4.35.